The standard InChI is InChI=1S/C25H23Cl2NO3/c26-19-11-12-21(22(27)15-19)24(28-13-5-10-23(28)25(29)30)18-8-4-9-20(14-18)31-16-17-6-2-1-3-7-17/h1-4,6-9,11-12,14-15,23-24H,5,10,13,16H2,(H,29,30). The first-order valence-corrected chi connectivity index (χ1v) is 11.0. The fraction of sp³-hybridized carbons (Fsp3) is 0.240. The number of halogens is 2. The van der Waals surface area contributed by atoms with E-state index in [2.05, 4.69) is 0 Å². The minimum atomic E-state index is -0.816. The highest BCUT2D eigenvalue weighted by Gasteiger charge is 2.37. The van der Waals surface area contributed by atoms with Crippen molar-refractivity contribution in [3.05, 3.63) is 99.5 Å². The number of carbonyl (C=O) groups is 1. The number of nitrogens with zero attached hydrogens (tertiary/aromatic N) is 1. The van der Waals surface area contributed by atoms with E-state index < -0.39 is 12.0 Å². The summed E-state index contributed by atoms with van der Waals surface area (Å²) in [4.78, 5) is 13.9. The van der Waals surface area contributed by atoms with Crippen LogP contribution in [0.3, 0.4) is 0 Å². The summed E-state index contributed by atoms with van der Waals surface area (Å²) in [6.07, 6.45) is 1.43. The van der Waals surface area contributed by atoms with E-state index in [1.807, 2.05) is 65.6 Å². The molecular formula is C25H23Cl2NO3. The molecule has 1 aliphatic heterocycles. The number of hydrogen-bond donors (Lipinski definition) is 1. The Hall–Kier alpha value is -2.53. The average Bonchev–Trinajstić information content (AvgIpc) is 3.25. The quantitative estimate of drug-likeness (QED) is 0.459. The van der Waals surface area contributed by atoms with Crippen molar-refractivity contribution in [1.29, 1.82) is 0 Å². The van der Waals surface area contributed by atoms with Gasteiger partial charge in [0, 0.05) is 16.6 Å². The first-order chi connectivity index (χ1) is 15.0. The third kappa shape index (κ3) is 5.04. The molecule has 4 nitrogen and oxygen atoms in total. The highest BCUT2D eigenvalue weighted by molar-refractivity contribution is 6.35. The van der Waals surface area contributed by atoms with Crippen molar-refractivity contribution >= 4 is 29.2 Å². The lowest BCUT2D eigenvalue weighted by Crippen LogP contribution is -2.39. The summed E-state index contributed by atoms with van der Waals surface area (Å²) in [5.74, 6) is -0.0911. The number of carboxylic acids is 1. The summed E-state index contributed by atoms with van der Waals surface area (Å²) in [6.45, 7) is 1.13. The predicted molar refractivity (Wildman–Crippen MR) is 123 cm³/mol. The summed E-state index contributed by atoms with van der Waals surface area (Å²) in [7, 11) is 0. The van der Waals surface area contributed by atoms with Crippen molar-refractivity contribution in [2.45, 2.75) is 31.5 Å². The monoisotopic (exact) mass is 455 g/mol. The van der Waals surface area contributed by atoms with E-state index in [0.29, 0.717) is 29.6 Å². The Morgan fingerprint density at radius 3 is 2.61 bits per heavy atom. The van der Waals surface area contributed by atoms with Gasteiger partial charge < -0.3 is 9.84 Å². The number of hydrogen-bond acceptors (Lipinski definition) is 3. The Morgan fingerprint density at radius 2 is 1.87 bits per heavy atom. The maximum absolute atomic E-state index is 11.9. The minimum Gasteiger partial charge on any atom is -0.489 e. The van der Waals surface area contributed by atoms with Gasteiger partial charge in [-0.25, -0.2) is 0 Å². The number of aliphatic carboxylic acids is 1. The molecule has 0 aliphatic carbocycles. The van der Waals surface area contributed by atoms with Crippen LogP contribution in [0.4, 0.5) is 0 Å². The number of carboxylic acid groups (broad SMARTS) is 1. The van der Waals surface area contributed by atoms with Gasteiger partial charge in [-0.15, -0.1) is 0 Å². The molecule has 1 fully saturated rings. The zero-order chi connectivity index (χ0) is 21.8. The highest BCUT2D eigenvalue weighted by atomic mass is 35.5. The number of benzene rings is 3. The molecule has 1 saturated heterocycles. The molecule has 1 N–H and O–H groups in total. The van der Waals surface area contributed by atoms with Gasteiger partial charge in [0.05, 0.1) is 6.04 Å². The van der Waals surface area contributed by atoms with E-state index in [1.165, 1.54) is 0 Å². The molecule has 6 heteroatoms. The molecule has 4 rings (SSSR count). The second kappa shape index (κ2) is 9.73. The number of likely N-dealkylation sites (tertiary alicyclic amines) is 1. The summed E-state index contributed by atoms with van der Waals surface area (Å²) >= 11 is 12.7. The van der Waals surface area contributed by atoms with E-state index in [0.717, 1.165) is 28.9 Å². The maximum Gasteiger partial charge on any atom is 0.320 e. The summed E-state index contributed by atoms with van der Waals surface area (Å²) < 4.78 is 6.02. The van der Waals surface area contributed by atoms with Crippen molar-refractivity contribution in [3.63, 3.8) is 0 Å². The first kappa shape index (κ1) is 21.7. The van der Waals surface area contributed by atoms with Crippen LogP contribution in [0.15, 0.2) is 72.8 Å². The molecule has 31 heavy (non-hydrogen) atoms. The normalized spacial score (nSPS) is 17.4. The van der Waals surface area contributed by atoms with Crippen LogP contribution in [0, 0.1) is 0 Å². The summed E-state index contributed by atoms with van der Waals surface area (Å²) in [5.41, 5.74) is 2.85. The van der Waals surface area contributed by atoms with Crippen LogP contribution in [0.25, 0.3) is 0 Å². The van der Waals surface area contributed by atoms with Gasteiger partial charge in [-0.1, -0.05) is 71.7 Å². The molecule has 0 saturated carbocycles. The zero-order valence-electron chi connectivity index (χ0n) is 16.9. The van der Waals surface area contributed by atoms with E-state index >= 15 is 0 Å². The third-order valence-electron chi connectivity index (χ3n) is 5.59. The molecule has 3 aromatic carbocycles. The fourth-order valence-electron chi connectivity index (χ4n) is 4.15. The molecule has 0 amide bonds. The first-order valence-electron chi connectivity index (χ1n) is 10.2. The van der Waals surface area contributed by atoms with Crippen LogP contribution in [0.5, 0.6) is 5.75 Å². The maximum atomic E-state index is 11.9. The average molecular weight is 456 g/mol. The lowest BCUT2D eigenvalue weighted by atomic mass is 9.96. The van der Waals surface area contributed by atoms with Crippen LogP contribution in [-0.2, 0) is 11.4 Å². The van der Waals surface area contributed by atoms with Crippen molar-refractivity contribution in [2.24, 2.45) is 0 Å². The number of ether oxygens (including phenoxy) is 1. The van der Waals surface area contributed by atoms with Gasteiger partial charge in [-0.2, -0.15) is 0 Å². The number of rotatable bonds is 7. The highest BCUT2D eigenvalue weighted by Crippen LogP contribution is 2.39. The van der Waals surface area contributed by atoms with Gasteiger partial charge >= 0.3 is 5.97 Å². The van der Waals surface area contributed by atoms with Gasteiger partial charge in [0.15, 0.2) is 0 Å². The second-order valence-electron chi connectivity index (χ2n) is 7.65. The minimum absolute atomic E-state index is 0.311. The Balaban J connectivity index is 1.69. The molecule has 1 aliphatic rings. The lowest BCUT2D eigenvalue weighted by Gasteiger charge is -2.32. The molecular weight excluding hydrogens is 433 g/mol. The van der Waals surface area contributed by atoms with Gasteiger partial charge in [-0.3, -0.25) is 9.69 Å². The van der Waals surface area contributed by atoms with Crippen molar-refractivity contribution in [2.75, 3.05) is 6.54 Å². The largest absolute Gasteiger partial charge is 0.489 e. The van der Waals surface area contributed by atoms with Crippen molar-refractivity contribution < 1.29 is 14.6 Å². The Kier molecular flexibility index (Phi) is 6.81. The van der Waals surface area contributed by atoms with E-state index in [4.69, 9.17) is 27.9 Å². The summed E-state index contributed by atoms with van der Waals surface area (Å²) in [6, 6.07) is 22.2. The third-order valence-corrected chi connectivity index (χ3v) is 6.15. The Bertz CT molecular complexity index is 1060. The Labute approximate surface area is 192 Å². The summed E-state index contributed by atoms with van der Waals surface area (Å²) in [5, 5.41) is 10.8. The van der Waals surface area contributed by atoms with Gasteiger partial charge in [0.25, 0.3) is 0 Å². The van der Waals surface area contributed by atoms with Crippen LogP contribution >= 0.6 is 23.2 Å². The molecule has 0 radical (unpaired) electrons. The van der Waals surface area contributed by atoms with Crippen LogP contribution in [0.2, 0.25) is 10.0 Å². The van der Waals surface area contributed by atoms with Gasteiger partial charge in [0.1, 0.15) is 18.4 Å². The lowest BCUT2D eigenvalue weighted by molar-refractivity contribution is -0.142. The topological polar surface area (TPSA) is 49.8 Å². The fourth-order valence-corrected chi connectivity index (χ4v) is 4.66. The van der Waals surface area contributed by atoms with Crippen LogP contribution in [0.1, 0.15) is 35.6 Å². The van der Waals surface area contributed by atoms with Gasteiger partial charge in [0.2, 0.25) is 0 Å². The molecule has 0 aromatic heterocycles. The molecule has 2 atom stereocenters. The van der Waals surface area contributed by atoms with E-state index in [-0.39, 0.29) is 6.04 Å². The van der Waals surface area contributed by atoms with Crippen molar-refractivity contribution in [1.82, 2.24) is 4.90 Å². The van der Waals surface area contributed by atoms with E-state index in [9.17, 15) is 9.90 Å². The molecule has 3 aromatic rings. The zero-order valence-corrected chi connectivity index (χ0v) is 18.4. The molecule has 0 bridgehead atoms. The van der Waals surface area contributed by atoms with Crippen LogP contribution < -0.4 is 4.74 Å². The molecule has 2 unspecified atom stereocenters. The van der Waals surface area contributed by atoms with Crippen molar-refractivity contribution in [3.8, 4) is 5.75 Å². The second-order valence-corrected chi connectivity index (χ2v) is 8.49. The van der Waals surface area contributed by atoms with Crippen LogP contribution in [-0.4, -0.2) is 28.6 Å². The SMILES string of the molecule is O=C(O)C1CCCN1C(c1cccc(OCc2ccccc2)c1)c1ccc(Cl)cc1Cl. The van der Waals surface area contributed by atoms with E-state index in [1.54, 1.807) is 12.1 Å². The Morgan fingerprint density at radius 1 is 1.06 bits per heavy atom. The molecule has 1 heterocycles. The predicted octanol–water partition coefficient (Wildman–Crippen LogP) is 6.21. The van der Waals surface area contributed by atoms with Gasteiger partial charge in [-0.05, 0) is 53.8 Å². The molecule has 160 valence electrons. The smallest absolute Gasteiger partial charge is 0.320 e. The molecule has 0 spiro atoms.